The van der Waals surface area contributed by atoms with Crippen LogP contribution in [-0.4, -0.2) is 24.3 Å². The molecule has 1 aliphatic heterocycles. The van der Waals surface area contributed by atoms with E-state index in [2.05, 4.69) is 352 Å². The normalized spacial score (nSPS) is 13.1. The van der Waals surface area contributed by atoms with Gasteiger partial charge in [0.15, 0.2) is 8.07 Å². The fourth-order valence-electron chi connectivity index (χ4n) is 13.2. The number of nitrogens with zero attached hydrogens (tertiary/aromatic N) is 4. The van der Waals surface area contributed by atoms with E-state index in [1.807, 2.05) is 0 Å². The van der Waals surface area contributed by atoms with E-state index in [9.17, 15) is 0 Å². The number of fused-ring (bicyclic) bond motifs is 4. The van der Waals surface area contributed by atoms with Gasteiger partial charge in [-0.15, -0.1) is 0 Å². The highest BCUT2D eigenvalue weighted by Crippen LogP contribution is 2.47. The Balaban J connectivity index is 0.930. The second-order valence-corrected chi connectivity index (χ2v) is 32.0. The fourth-order valence-corrected chi connectivity index (χ4v) is 18.0. The molecule has 1 aliphatic rings. The first-order valence-electron chi connectivity index (χ1n) is 31.2. The summed E-state index contributed by atoms with van der Waals surface area (Å²) in [5.41, 5.74) is 16.4. The first kappa shape index (κ1) is 57.8. The monoisotopic (exact) mass is 1160 g/mol. The summed E-state index contributed by atoms with van der Waals surface area (Å²) in [6.07, 6.45) is 2.09. The third-order valence-electron chi connectivity index (χ3n) is 18.0. The highest BCUT2D eigenvalue weighted by molar-refractivity contribution is 7.19. The van der Waals surface area contributed by atoms with Gasteiger partial charge < -0.3 is 14.5 Å². The van der Waals surface area contributed by atoms with Gasteiger partial charge in [0, 0.05) is 46.0 Å². The van der Waals surface area contributed by atoms with E-state index in [0.717, 1.165) is 67.2 Å². The van der Waals surface area contributed by atoms with Gasteiger partial charge in [0.1, 0.15) is 24.0 Å². The lowest BCUT2D eigenvalue weighted by Gasteiger charge is -2.34. The van der Waals surface area contributed by atoms with Crippen molar-refractivity contribution < 1.29 is 4.74 Å². The number of ether oxygens (including phenoxy) is 1. The SMILES string of the molecule is CC(C)(C)c1ccc(-c2cnc(-n3c4ccc(-c5cccc([Si](c6ccccc6)(c6ccccc6)c6ccccc6)c5)cc4c4ccc(Oc5cccc(N6CN(c7cc(C(C)(C)C)cc(C(C)(C)C)c7)c7ccccc76)c5)cc43)cc2C(C)(C)C)cc1. The maximum Gasteiger partial charge on any atom is 0.179 e. The summed E-state index contributed by atoms with van der Waals surface area (Å²) in [5.74, 6) is 2.37. The Morgan fingerprint density at radius 3 is 1.47 bits per heavy atom. The van der Waals surface area contributed by atoms with Crippen molar-refractivity contribution in [3.05, 3.63) is 277 Å². The fraction of sp³-hybridized carbons (Fsp3) is 0.207. The third-order valence-corrected chi connectivity index (χ3v) is 22.8. The maximum absolute atomic E-state index is 7.05. The molecule has 0 N–H and O–H groups in total. The van der Waals surface area contributed by atoms with Crippen molar-refractivity contribution in [3.8, 4) is 39.6 Å². The predicted molar refractivity (Wildman–Crippen MR) is 376 cm³/mol. The zero-order chi connectivity index (χ0) is 61.3. The average Bonchev–Trinajstić information content (AvgIpc) is 1.09. The quantitative estimate of drug-likeness (QED) is 0.0955. The molecule has 0 fully saturated rings. The highest BCUT2D eigenvalue weighted by Gasteiger charge is 2.41. The van der Waals surface area contributed by atoms with Crippen LogP contribution in [0.3, 0.4) is 0 Å². The summed E-state index contributed by atoms with van der Waals surface area (Å²) in [6.45, 7) is 28.2. The van der Waals surface area contributed by atoms with Crippen molar-refractivity contribution in [2.45, 2.75) is 105 Å². The van der Waals surface area contributed by atoms with Crippen LogP contribution in [0.25, 0.3) is 49.9 Å². The Kier molecular flexibility index (Phi) is 14.6. The zero-order valence-electron chi connectivity index (χ0n) is 53.2. The van der Waals surface area contributed by atoms with Gasteiger partial charge in [-0.2, -0.15) is 0 Å². The number of benzene rings is 10. The van der Waals surface area contributed by atoms with Crippen LogP contribution in [0.1, 0.15) is 105 Å². The zero-order valence-corrected chi connectivity index (χ0v) is 54.2. The minimum absolute atomic E-state index is 0.00593. The smallest absolute Gasteiger partial charge is 0.179 e. The van der Waals surface area contributed by atoms with E-state index in [1.54, 1.807) is 0 Å². The largest absolute Gasteiger partial charge is 0.457 e. The molecule has 0 amide bonds. The van der Waals surface area contributed by atoms with Crippen LogP contribution in [0.2, 0.25) is 0 Å². The number of pyridine rings is 1. The van der Waals surface area contributed by atoms with Crippen LogP contribution >= 0.6 is 0 Å². The van der Waals surface area contributed by atoms with Gasteiger partial charge in [0.2, 0.25) is 0 Å². The summed E-state index contributed by atoms with van der Waals surface area (Å²) in [7, 11) is -2.79. The number of anilines is 4. The molecule has 10 aromatic carbocycles. The molecule has 5 nitrogen and oxygen atoms in total. The lowest BCUT2D eigenvalue weighted by molar-refractivity contribution is 0.483. The molecular formula is C82H80N4OSi. The van der Waals surface area contributed by atoms with E-state index in [1.165, 1.54) is 59.9 Å². The van der Waals surface area contributed by atoms with Crippen LogP contribution in [0, 0.1) is 0 Å². The van der Waals surface area contributed by atoms with Gasteiger partial charge in [0.05, 0.1) is 22.4 Å². The highest BCUT2D eigenvalue weighted by atomic mass is 28.3. The minimum atomic E-state index is -2.79. The summed E-state index contributed by atoms with van der Waals surface area (Å²) < 4.78 is 9.40. The molecule has 0 spiro atoms. The van der Waals surface area contributed by atoms with Crippen LogP contribution in [0.4, 0.5) is 22.7 Å². The van der Waals surface area contributed by atoms with E-state index >= 15 is 0 Å². The van der Waals surface area contributed by atoms with Crippen LogP contribution in [0.5, 0.6) is 11.5 Å². The van der Waals surface area contributed by atoms with Crippen molar-refractivity contribution in [2.24, 2.45) is 0 Å². The Hall–Kier alpha value is -9.23. The van der Waals surface area contributed by atoms with E-state index in [4.69, 9.17) is 9.72 Å². The van der Waals surface area contributed by atoms with Crippen LogP contribution in [0.15, 0.2) is 255 Å². The number of rotatable bonds is 11. The van der Waals surface area contributed by atoms with Gasteiger partial charge in [-0.25, -0.2) is 4.98 Å². The standard InChI is InChI=1S/C82H80N4OSi/c1-79(2,3)59-41-38-56(39-42-59)72-54-83-78(53-73(72)82(10,11)12)86-74-45-40-58(57-26-24-35-69(46-57)88(66-29-16-13-17-30-66,67-31-18-14-19-32-67)68-33-20-15-21-34-68)47-71(74)70-44-43-65(52-77(70)86)87-64-28-25-27-62(51-64)84-55-85(76-37-23-22-36-75(76)84)63-49-60(80(4,5)6)48-61(50-63)81(7,8)9/h13-54H,55H2,1-12H3. The molecule has 438 valence electrons. The van der Waals surface area contributed by atoms with Crippen molar-refractivity contribution in [3.63, 3.8) is 0 Å². The first-order valence-corrected chi connectivity index (χ1v) is 33.2. The van der Waals surface area contributed by atoms with Crippen molar-refractivity contribution >= 4 is 73.4 Å². The lowest BCUT2D eigenvalue weighted by Crippen LogP contribution is -2.74. The summed E-state index contributed by atoms with van der Waals surface area (Å²) in [6, 6.07) is 92.4. The topological polar surface area (TPSA) is 33.5 Å². The van der Waals surface area contributed by atoms with Gasteiger partial charge in [-0.05, 0) is 148 Å². The molecule has 2 aromatic heterocycles. The Morgan fingerprint density at radius 2 is 0.886 bits per heavy atom. The maximum atomic E-state index is 7.05. The molecular weight excluding hydrogens is 1090 g/mol. The van der Waals surface area contributed by atoms with Gasteiger partial charge in [-0.3, -0.25) is 4.57 Å². The molecule has 3 heterocycles. The van der Waals surface area contributed by atoms with Crippen molar-refractivity contribution in [1.82, 2.24) is 9.55 Å². The van der Waals surface area contributed by atoms with E-state index < -0.39 is 8.07 Å². The number of hydrogen-bond donors (Lipinski definition) is 0. The number of aromatic nitrogens is 2. The molecule has 0 radical (unpaired) electrons. The molecule has 12 aromatic rings. The molecule has 0 bridgehead atoms. The van der Waals surface area contributed by atoms with Crippen molar-refractivity contribution in [1.29, 1.82) is 0 Å². The Morgan fingerprint density at radius 1 is 0.364 bits per heavy atom. The summed E-state index contributed by atoms with van der Waals surface area (Å²) in [4.78, 5) is 10.3. The summed E-state index contributed by atoms with van der Waals surface area (Å²) in [5, 5.41) is 7.65. The first-order chi connectivity index (χ1) is 42.1. The van der Waals surface area contributed by atoms with Crippen LogP contribution < -0.4 is 35.3 Å². The Labute approximate surface area is 522 Å². The molecule has 0 saturated carbocycles. The second-order valence-electron chi connectivity index (χ2n) is 28.2. The lowest BCUT2D eigenvalue weighted by atomic mass is 9.80. The molecule has 6 heteroatoms. The number of para-hydroxylation sites is 2. The second kappa shape index (κ2) is 22.2. The minimum Gasteiger partial charge on any atom is -0.457 e. The average molecular weight is 1170 g/mol. The van der Waals surface area contributed by atoms with E-state index in [0.29, 0.717) is 6.67 Å². The Bertz CT molecular complexity index is 4410. The molecule has 0 unspecified atom stereocenters. The molecule has 0 saturated heterocycles. The van der Waals surface area contributed by atoms with E-state index in [-0.39, 0.29) is 21.7 Å². The molecule has 13 rings (SSSR count). The molecule has 0 atom stereocenters. The summed E-state index contributed by atoms with van der Waals surface area (Å²) >= 11 is 0. The van der Waals surface area contributed by atoms with Crippen molar-refractivity contribution in [2.75, 3.05) is 16.5 Å². The van der Waals surface area contributed by atoms with Gasteiger partial charge >= 0.3 is 0 Å². The van der Waals surface area contributed by atoms with Gasteiger partial charge in [0.25, 0.3) is 0 Å². The third kappa shape index (κ3) is 10.7. The predicted octanol–water partition coefficient (Wildman–Crippen LogP) is 19.1. The number of hydrogen-bond acceptors (Lipinski definition) is 4. The van der Waals surface area contributed by atoms with Gasteiger partial charge in [-0.1, -0.05) is 253 Å². The van der Waals surface area contributed by atoms with Crippen LogP contribution in [-0.2, 0) is 21.7 Å². The molecule has 0 aliphatic carbocycles. The molecule has 88 heavy (non-hydrogen) atoms.